The quantitative estimate of drug-likeness (QED) is 0.843. The average Bonchev–Trinajstić information content (AvgIpc) is 2.50. The molecule has 1 fully saturated rings. The number of amides is 1. The van der Waals surface area contributed by atoms with Gasteiger partial charge in [-0.05, 0) is 37.6 Å². The van der Waals surface area contributed by atoms with Crippen LogP contribution in [0.3, 0.4) is 0 Å². The number of piperidine rings is 1. The summed E-state index contributed by atoms with van der Waals surface area (Å²) in [6, 6.07) is 4.87. The zero-order valence-electron chi connectivity index (χ0n) is 12.7. The van der Waals surface area contributed by atoms with E-state index in [0.29, 0.717) is 36.6 Å². The highest BCUT2D eigenvalue weighted by atomic mass is 35.5. The maximum Gasteiger partial charge on any atom is 0.221 e. The zero-order chi connectivity index (χ0) is 15.9. The summed E-state index contributed by atoms with van der Waals surface area (Å²) in [7, 11) is 0. The first-order valence-electron chi connectivity index (χ1n) is 7.75. The lowest BCUT2D eigenvalue weighted by molar-refractivity contribution is -0.121. The molecule has 22 heavy (non-hydrogen) atoms. The van der Waals surface area contributed by atoms with Crippen LogP contribution in [0.1, 0.15) is 31.2 Å². The maximum atomic E-state index is 13.9. The summed E-state index contributed by atoms with van der Waals surface area (Å²) in [5.41, 5.74) is 5.98. The molecule has 1 aromatic carbocycles. The lowest BCUT2D eigenvalue weighted by Crippen LogP contribution is -2.46. The molecule has 1 aliphatic heterocycles. The minimum absolute atomic E-state index is 0.0260. The molecule has 1 amide bonds. The fourth-order valence-electron chi connectivity index (χ4n) is 2.83. The molecule has 0 saturated carbocycles. The summed E-state index contributed by atoms with van der Waals surface area (Å²) in [5, 5.41) is 3.46. The van der Waals surface area contributed by atoms with Gasteiger partial charge in [-0.15, -0.1) is 0 Å². The Hall–Kier alpha value is -1.17. The molecular formula is C16H23ClFN3O. The van der Waals surface area contributed by atoms with Crippen LogP contribution in [0.2, 0.25) is 5.02 Å². The van der Waals surface area contributed by atoms with Crippen molar-refractivity contribution in [1.82, 2.24) is 10.2 Å². The van der Waals surface area contributed by atoms with Crippen molar-refractivity contribution in [3.8, 4) is 0 Å². The number of rotatable bonds is 6. The van der Waals surface area contributed by atoms with E-state index >= 15 is 0 Å². The van der Waals surface area contributed by atoms with Crippen molar-refractivity contribution in [1.29, 1.82) is 0 Å². The number of hydrogen-bond donors (Lipinski definition) is 2. The third-order valence-corrected chi connectivity index (χ3v) is 4.27. The van der Waals surface area contributed by atoms with Crippen LogP contribution in [0.5, 0.6) is 0 Å². The van der Waals surface area contributed by atoms with Gasteiger partial charge in [0.05, 0.1) is 0 Å². The van der Waals surface area contributed by atoms with E-state index in [2.05, 4.69) is 10.2 Å². The second-order valence-electron chi connectivity index (χ2n) is 5.70. The average molecular weight is 328 g/mol. The van der Waals surface area contributed by atoms with E-state index in [4.69, 9.17) is 17.3 Å². The van der Waals surface area contributed by atoms with Crippen molar-refractivity contribution < 1.29 is 9.18 Å². The van der Waals surface area contributed by atoms with Crippen LogP contribution < -0.4 is 11.1 Å². The number of halogens is 2. The van der Waals surface area contributed by atoms with Crippen molar-refractivity contribution in [2.45, 2.75) is 38.3 Å². The molecule has 0 radical (unpaired) electrons. The van der Waals surface area contributed by atoms with Gasteiger partial charge in [0.1, 0.15) is 5.82 Å². The van der Waals surface area contributed by atoms with Crippen LogP contribution in [-0.2, 0) is 11.3 Å². The van der Waals surface area contributed by atoms with Gasteiger partial charge in [-0.3, -0.25) is 9.69 Å². The molecule has 4 nitrogen and oxygen atoms in total. The number of benzene rings is 1. The topological polar surface area (TPSA) is 58.4 Å². The summed E-state index contributed by atoms with van der Waals surface area (Å²) < 4.78 is 13.9. The minimum Gasteiger partial charge on any atom is -0.354 e. The maximum absolute atomic E-state index is 13.9. The molecule has 3 N–H and O–H groups in total. The van der Waals surface area contributed by atoms with Crippen LogP contribution in [0.15, 0.2) is 18.2 Å². The fourth-order valence-corrected chi connectivity index (χ4v) is 3.03. The van der Waals surface area contributed by atoms with Crippen LogP contribution in [0.4, 0.5) is 4.39 Å². The highest BCUT2D eigenvalue weighted by molar-refractivity contribution is 6.30. The fraction of sp³-hybridized carbons (Fsp3) is 0.562. The largest absolute Gasteiger partial charge is 0.354 e. The third-order valence-electron chi connectivity index (χ3n) is 4.04. The van der Waals surface area contributed by atoms with Gasteiger partial charge in [0.15, 0.2) is 0 Å². The van der Waals surface area contributed by atoms with Crippen molar-refractivity contribution >= 4 is 17.5 Å². The van der Waals surface area contributed by atoms with Crippen LogP contribution in [-0.4, -0.2) is 36.5 Å². The van der Waals surface area contributed by atoms with E-state index in [9.17, 15) is 9.18 Å². The van der Waals surface area contributed by atoms with Gasteiger partial charge in [-0.25, -0.2) is 4.39 Å². The van der Waals surface area contributed by atoms with Crippen LogP contribution >= 0.6 is 11.6 Å². The number of carbonyl (C=O) groups excluding carboxylic acids is 1. The van der Waals surface area contributed by atoms with Crippen molar-refractivity contribution in [2.75, 3.05) is 19.6 Å². The summed E-state index contributed by atoms with van der Waals surface area (Å²) in [6.07, 6.45) is 3.57. The number of likely N-dealkylation sites (tertiary alicyclic amines) is 1. The number of carbonyl (C=O) groups is 1. The summed E-state index contributed by atoms with van der Waals surface area (Å²) in [6.45, 7) is 2.36. The van der Waals surface area contributed by atoms with E-state index in [-0.39, 0.29) is 17.8 Å². The predicted molar refractivity (Wildman–Crippen MR) is 86.1 cm³/mol. The first-order valence-corrected chi connectivity index (χ1v) is 8.12. The Morgan fingerprint density at radius 1 is 1.45 bits per heavy atom. The smallest absolute Gasteiger partial charge is 0.221 e. The molecule has 0 spiro atoms. The van der Waals surface area contributed by atoms with Gasteiger partial charge in [0.25, 0.3) is 0 Å². The van der Waals surface area contributed by atoms with Crippen LogP contribution in [0, 0.1) is 5.82 Å². The number of hydrogen-bond acceptors (Lipinski definition) is 3. The normalized spacial score (nSPS) is 19.1. The molecule has 1 saturated heterocycles. The second kappa shape index (κ2) is 8.46. The Morgan fingerprint density at radius 3 is 3.05 bits per heavy atom. The number of nitrogens with one attached hydrogen (secondary N) is 1. The number of nitrogens with two attached hydrogens (primary N) is 1. The first-order chi connectivity index (χ1) is 10.6. The summed E-state index contributed by atoms with van der Waals surface area (Å²) in [5.74, 6) is -0.261. The van der Waals surface area contributed by atoms with E-state index in [1.807, 2.05) is 0 Å². The Morgan fingerprint density at radius 2 is 2.27 bits per heavy atom. The van der Waals surface area contributed by atoms with Gasteiger partial charge in [0.2, 0.25) is 5.91 Å². The molecule has 0 aromatic heterocycles. The monoisotopic (exact) mass is 327 g/mol. The Bertz CT molecular complexity index is 512. The summed E-state index contributed by atoms with van der Waals surface area (Å²) >= 11 is 5.95. The lowest BCUT2D eigenvalue weighted by Gasteiger charge is -2.36. The Labute approximate surface area is 135 Å². The second-order valence-corrected chi connectivity index (χ2v) is 6.14. The van der Waals surface area contributed by atoms with Crippen molar-refractivity contribution in [3.63, 3.8) is 0 Å². The van der Waals surface area contributed by atoms with Gasteiger partial charge >= 0.3 is 0 Å². The molecule has 1 unspecified atom stereocenters. The van der Waals surface area contributed by atoms with Gasteiger partial charge in [-0.1, -0.05) is 18.0 Å². The molecule has 1 atom stereocenters. The molecular weight excluding hydrogens is 305 g/mol. The van der Waals surface area contributed by atoms with Gasteiger partial charge < -0.3 is 11.1 Å². The molecule has 1 heterocycles. The Balaban J connectivity index is 1.97. The lowest BCUT2D eigenvalue weighted by atomic mass is 10.0. The SMILES string of the molecule is NCCC(=O)NCC1CCCCN1Cc1cc(Cl)ccc1F. The van der Waals surface area contributed by atoms with Gasteiger partial charge in [-0.2, -0.15) is 0 Å². The minimum atomic E-state index is -0.235. The molecule has 0 bridgehead atoms. The van der Waals surface area contributed by atoms with Crippen molar-refractivity contribution in [3.05, 3.63) is 34.6 Å². The molecule has 1 aromatic rings. The molecule has 6 heteroatoms. The first kappa shape index (κ1) is 17.2. The Kier molecular flexibility index (Phi) is 6.61. The van der Waals surface area contributed by atoms with E-state index in [1.165, 1.54) is 6.07 Å². The van der Waals surface area contributed by atoms with Gasteiger partial charge in [0, 0.05) is 42.7 Å². The zero-order valence-corrected chi connectivity index (χ0v) is 13.4. The molecule has 2 rings (SSSR count). The van der Waals surface area contributed by atoms with E-state index in [0.717, 1.165) is 25.8 Å². The molecule has 1 aliphatic rings. The standard InChI is InChI=1S/C16H23ClFN3O/c17-13-4-5-15(18)12(9-13)11-21-8-2-1-3-14(21)10-20-16(22)6-7-19/h4-5,9,14H,1-3,6-8,10-11,19H2,(H,20,22). The molecule has 122 valence electrons. The van der Waals surface area contributed by atoms with Crippen molar-refractivity contribution in [2.24, 2.45) is 5.73 Å². The van der Waals surface area contributed by atoms with E-state index in [1.54, 1.807) is 12.1 Å². The molecule has 0 aliphatic carbocycles. The summed E-state index contributed by atoms with van der Waals surface area (Å²) in [4.78, 5) is 13.8. The highest BCUT2D eigenvalue weighted by Crippen LogP contribution is 2.22. The number of nitrogens with zero attached hydrogens (tertiary/aromatic N) is 1. The third kappa shape index (κ3) is 4.93. The predicted octanol–water partition coefficient (Wildman–Crippen LogP) is 2.30. The van der Waals surface area contributed by atoms with Crippen LogP contribution in [0.25, 0.3) is 0 Å². The highest BCUT2D eigenvalue weighted by Gasteiger charge is 2.23. The van der Waals surface area contributed by atoms with E-state index < -0.39 is 0 Å².